The Balaban J connectivity index is 2.66. The number of nitrogens with one attached hydrogen (secondary N) is 1. The third kappa shape index (κ3) is 4.46. The maximum atomic E-state index is 13.4. The van der Waals surface area contributed by atoms with Crippen LogP contribution in [0.2, 0.25) is 0 Å². The summed E-state index contributed by atoms with van der Waals surface area (Å²) in [6, 6.07) is 4.43. The second kappa shape index (κ2) is 6.74. The molecule has 0 bridgehead atoms. The van der Waals surface area contributed by atoms with Crippen LogP contribution in [-0.2, 0) is 0 Å². The highest BCUT2D eigenvalue weighted by Crippen LogP contribution is 2.15. The van der Waals surface area contributed by atoms with Crippen molar-refractivity contribution < 1.29 is 9.18 Å². The zero-order valence-electron chi connectivity index (χ0n) is 10.1. The number of carbonyl (C=O) groups is 1. The van der Waals surface area contributed by atoms with Gasteiger partial charge in [0.15, 0.2) is 0 Å². The quantitative estimate of drug-likeness (QED) is 0.878. The molecule has 1 N–H and O–H groups in total. The van der Waals surface area contributed by atoms with Crippen LogP contribution in [-0.4, -0.2) is 11.9 Å². The summed E-state index contributed by atoms with van der Waals surface area (Å²) in [6.45, 7) is 4.03. The Kier molecular flexibility index (Phi) is 5.62. The third-order valence-corrected chi connectivity index (χ3v) is 3.03. The zero-order chi connectivity index (χ0) is 12.8. The molecule has 1 amide bonds. The Morgan fingerprint density at radius 2 is 2.24 bits per heavy atom. The highest BCUT2D eigenvalue weighted by atomic mass is 79.9. The molecule has 0 aliphatic rings. The molecule has 2 nitrogen and oxygen atoms in total. The second-order valence-electron chi connectivity index (χ2n) is 4.14. The summed E-state index contributed by atoms with van der Waals surface area (Å²) < 4.78 is 14.1. The zero-order valence-corrected chi connectivity index (χ0v) is 11.7. The largest absolute Gasteiger partial charge is 0.349 e. The van der Waals surface area contributed by atoms with Crippen molar-refractivity contribution in [2.75, 3.05) is 0 Å². The molecule has 0 radical (unpaired) electrons. The van der Waals surface area contributed by atoms with Crippen LogP contribution in [0.4, 0.5) is 4.39 Å². The van der Waals surface area contributed by atoms with Crippen molar-refractivity contribution in [1.29, 1.82) is 0 Å². The van der Waals surface area contributed by atoms with E-state index in [1.165, 1.54) is 12.1 Å². The number of rotatable bonds is 5. The summed E-state index contributed by atoms with van der Waals surface area (Å²) in [7, 11) is 0. The average Bonchev–Trinajstić information content (AvgIpc) is 2.29. The molecule has 0 aromatic heterocycles. The lowest BCUT2D eigenvalue weighted by Crippen LogP contribution is -2.33. The van der Waals surface area contributed by atoms with Crippen molar-refractivity contribution in [3.8, 4) is 0 Å². The maximum absolute atomic E-state index is 13.4. The summed E-state index contributed by atoms with van der Waals surface area (Å²) in [5.74, 6) is -0.846. The van der Waals surface area contributed by atoms with Crippen LogP contribution in [0.5, 0.6) is 0 Å². The number of hydrogen-bond acceptors (Lipinski definition) is 1. The summed E-state index contributed by atoms with van der Waals surface area (Å²) in [5, 5.41) is 2.80. The minimum absolute atomic E-state index is 0.0702. The van der Waals surface area contributed by atoms with Crippen LogP contribution in [0, 0.1) is 5.82 Å². The molecule has 1 rings (SSSR count). The lowest BCUT2D eigenvalue weighted by molar-refractivity contribution is 0.0934. The maximum Gasteiger partial charge on any atom is 0.254 e. The van der Waals surface area contributed by atoms with E-state index in [2.05, 4.69) is 28.2 Å². The molecule has 0 fully saturated rings. The number of carbonyl (C=O) groups excluding carboxylic acids is 1. The van der Waals surface area contributed by atoms with E-state index in [0.717, 1.165) is 19.3 Å². The molecular formula is C13H17BrFNO. The van der Waals surface area contributed by atoms with Gasteiger partial charge in [0.05, 0.1) is 5.56 Å². The molecule has 1 aromatic rings. The summed E-state index contributed by atoms with van der Waals surface area (Å²) in [6.07, 6.45) is 3.06. The average molecular weight is 302 g/mol. The first-order chi connectivity index (χ1) is 8.04. The minimum Gasteiger partial charge on any atom is -0.349 e. The van der Waals surface area contributed by atoms with Crippen LogP contribution < -0.4 is 5.32 Å². The first-order valence-electron chi connectivity index (χ1n) is 5.80. The van der Waals surface area contributed by atoms with Gasteiger partial charge in [-0.2, -0.15) is 0 Å². The molecule has 0 aliphatic carbocycles. The van der Waals surface area contributed by atoms with Crippen LogP contribution in [0.15, 0.2) is 22.7 Å². The fraction of sp³-hybridized carbons (Fsp3) is 0.462. The predicted octanol–water partition coefficient (Wildman–Crippen LogP) is 3.90. The van der Waals surface area contributed by atoms with Gasteiger partial charge in [-0.15, -0.1) is 0 Å². The number of unbranched alkanes of at least 4 members (excludes halogenated alkanes) is 1. The van der Waals surface area contributed by atoms with Crippen molar-refractivity contribution >= 4 is 21.8 Å². The van der Waals surface area contributed by atoms with Crippen LogP contribution in [0.1, 0.15) is 43.5 Å². The van der Waals surface area contributed by atoms with Gasteiger partial charge in [-0.1, -0.05) is 35.7 Å². The second-order valence-corrected chi connectivity index (χ2v) is 5.06. The van der Waals surface area contributed by atoms with Gasteiger partial charge in [0.25, 0.3) is 5.91 Å². The number of amides is 1. The van der Waals surface area contributed by atoms with Crippen molar-refractivity contribution in [2.45, 2.75) is 39.2 Å². The number of hydrogen-bond donors (Lipinski definition) is 1. The number of halogens is 2. The lowest BCUT2D eigenvalue weighted by atomic mass is 10.1. The van der Waals surface area contributed by atoms with Gasteiger partial charge in [0, 0.05) is 10.5 Å². The predicted molar refractivity (Wildman–Crippen MR) is 70.6 cm³/mol. The Morgan fingerprint density at radius 1 is 1.53 bits per heavy atom. The highest BCUT2D eigenvalue weighted by Gasteiger charge is 2.14. The third-order valence-electron chi connectivity index (χ3n) is 2.54. The topological polar surface area (TPSA) is 29.1 Å². The Bertz CT molecular complexity index is 395. The molecule has 0 saturated heterocycles. The van der Waals surface area contributed by atoms with Crippen molar-refractivity contribution in [3.05, 3.63) is 34.1 Å². The smallest absolute Gasteiger partial charge is 0.254 e. The van der Waals surface area contributed by atoms with E-state index >= 15 is 0 Å². The molecule has 0 heterocycles. The minimum atomic E-state index is -0.492. The molecular weight excluding hydrogens is 285 g/mol. The SMILES string of the molecule is CCCCC(C)NC(=O)c1cc(Br)ccc1F. The summed E-state index contributed by atoms with van der Waals surface area (Å²) >= 11 is 3.23. The first kappa shape index (κ1) is 14.2. The molecule has 1 aromatic carbocycles. The Labute approximate surface area is 110 Å². The number of benzene rings is 1. The van der Waals surface area contributed by atoms with E-state index in [-0.39, 0.29) is 17.5 Å². The lowest BCUT2D eigenvalue weighted by Gasteiger charge is -2.13. The van der Waals surface area contributed by atoms with E-state index in [1.54, 1.807) is 6.07 Å². The van der Waals surface area contributed by atoms with Crippen molar-refractivity contribution in [3.63, 3.8) is 0 Å². The van der Waals surface area contributed by atoms with Crippen molar-refractivity contribution in [2.24, 2.45) is 0 Å². The molecule has 17 heavy (non-hydrogen) atoms. The molecule has 0 saturated carbocycles. The molecule has 0 spiro atoms. The van der Waals surface area contributed by atoms with E-state index in [9.17, 15) is 9.18 Å². The monoisotopic (exact) mass is 301 g/mol. The Morgan fingerprint density at radius 3 is 2.88 bits per heavy atom. The van der Waals surface area contributed by atoms with E-state index in [4.69, 9.17) is 0 Å². The van der Waals surface area contributed by atoms with Gasteiger partial charge in [0.2, 0.25) is 0 Å². The molecule has 4 heteroatoms. The summed E-state index contributed by atoms with van der Waals surface area (Å²) in [4.78, 5) is 11.8. The van der Waals surface area contributed by atoms with Gasteiger partial charge in [0.1, 0.15) is 5.82 Å². The first-order valence-corrected chi connectivity index (χ1v) is 6.59. The molecule has 0 aliphatic heterocycles. The highest BCUT2D eigenvalue weighted by molar-refractivity contribution is 9.10. The van der Waals surface area contributed by atoms with Crippen molar-refractivity contribution in [1.82, 2.24) is 5.32 Å². The van der Waals surface area contributed by atoms with Crippen LogP contribution in [0.3, 0.4) is 0 Å². The molecule has 94 valence electrons. The van der Waals surface area contributed by atoms with Crippen LogP contribution in [0.25, 0.3) is 0 Å². The van der Waals surface area contributed by atoms with Gasteiger partial charge in [-0.3, -0.25) is 4.79 Å². The molecule has 1 atom stereocenters. The fourth-order valence-corrected chi connectivity index (χ4v) is 1.92. The van der Waals surface area contributed by atoms with E-state index in [1.807, 2.05) is 6.92 Å². The van der Waals surface area contributed by atoms with Gasteiger partial charge >= 0.3 is 0 Å². The van der Waals surface area contributed by atoms with E-state index < -0.39 is 5.82 Å². The fourth-order valence-electron chi connectivity index (χ4n) is 1.56. The molecule has 1 unspecified atom stereocenters. The standard InChI is InChI=1S/C13H17BrFNO/c1-3-4-5-9(2)16-13(17)11-8-10(14)6-7-12(11)15/h6-9H,3-5H2,1-2H3,(H,16,17). The van der Waals surface area contributed by atoms with Gasteiger partial charge in [-0.25, -0.2) is 4.39 Å². The van der Waals surface area contributed by atoms with Gasteiger partial charge in [-0.05, 0) is 31.5 Å². The van der Waals surface area contributed by atoms with E-state index in [0.29, 0.717) is 4.47 Å². The normalized spacial score (nSPS) is 12.2. The summed E-state index contributed by atoms with van der Waals surface area (Å²) in [5.41, 5.74) is 0.0859. The Hall–Kier alpha value is -0.900. The van der Waals surface area contributed by atoms with Gasteiger partial charge < -0.3 is 5.32 Å². The van der Waals surface area contributed by atoms with Crippen LogP contribution >= 0.6 is 15.9 Å².